The van der Waals surface area contributed by atoms with Gasteiger partial charge in [-0.2, -0.15) is 0 Å². The number of nitrogens with one attached hydrogen (secondary N) is 2. The van der Waals surface area contributed by atoms with Gasteiger partial charge < -0.3 is 9.97 Å². The third kappa shape index (κ3) is 5.48. The van der Waals surface area contributed by atoms with E-state index in [9.17, 15) is 9.59 Å². The molecule has 279 valence electrons. The molecule has 1 saturated heterocycles. The van der Waals surface area contributed by atoms with Crippen molar-refractivity contribution in [3.05, 3.63) is 59.2 Å². The molecule has 4 aliphatic carbocycles. The van der Waals surface area contributed by atoms with Crippen LogP contribution in [0.2, 0.25) is 0 Å². The van der Waals surface area contributed by atoms with Crippen LogP contribution in [0, 0.1) is 17.8 Å². The first-order valence-electron chi connectivity index (χ1n) is 20.3. The van der Waals surface area contributed by atoms with Crippen molar-refractivity contribution in [3.8, 4) is 0 Å². The van der Waals surface area contributed by atoms with Crippen molar-refractivity contribution in [2.75, 3.05) is 6.54 Å². The van der Waals surface area contributed by atoms with Crippen molar-refractivity contribution >= 4 is 33.9 Å². The molecule has 11 nitrogen and oxygen atoms in total. The summed E-state index contributed by atoms with van der Waals surface area (Å²) in [6.45, 7) is 0.522. The van der Waals surface area contributed by atoms with Gasteiger partial charge in [0.1, 0.15) is 46.2 Å². The summed E-state index contributed by atoms with van der Waals surface area (Å²) in [7, 11) is 0. The Labute approximate surface area is 319 Å². The quantitative estimate of drug-likeness (QED) is 0.202. The van der Waals surface area contributed by atoms with Gasteiger partial charge in [0.15, 0.2) is 0 Å². The number of amides is 2. The number of likely N-dealkylation sites (tertiary alicyclic amines) is 1. The summed E-state index contributed by atoms with van der Waals surface area (Å²) in [5, 5.41) is 2.11. The van der Waals surface area contributed by atoms with Crippen LogP contribution in [-0.4, -0.2) is 63.1 Å². The monoisotopic (exact) mass is 760 g/mol. The van der Waals surface area contributed by atoms with Crippen molar-refractivity contribution < 1.29 is 26.7 Å². The zero-order chi connectivity index (χ0) is 34.5. The molecular weight excluding hydrogens is 714 g/mol. The van der Waals surface area contributed by atoms with E-state index in [0.29, 0.717) is 12.5 Å². The molecule has 8 bridgehead atoms. The summed E-state index contributed by atoms with van der Waals surface area (Å²) in [5.41, 5.74) is 1.63. The van der Waals surface area contributed by atoms with Crippen molar-refractivity contribution in [3.63, 3.8) is 0 Å². The van der Waals surface area contributed by atoms with E-state index in [1.54, 1.807) is 4.90 Å². The number of fused-ring (bicyclic) bond motifs is 21. The molecule has 4 saturated carbocycles. The number of hydrogen-bond donors (Lipinski definition) is 2. The van der Waals surface area contributed by atoms with E-state index in [1.807, 2.05) is 0 Å². The van der Waals surface area contributed by atoms with Crippen LogP contribution in [0.15, 0.2) is 24.3 Å². The molecule has 1 radical (unpaired) electrons. The van der Waals surface area contributed by atoms with Crippen LogP contribution >= 0.6 is 0 Å². The molecular formula is C41H47CuN9O2. The number of hydrogen-bond acceptors (Lipinski definition) is 8. The fourth-order valence-corrected chi connectivity index (χ4v) is 11.6. The molecule has 53 heavy (non-hydrogen) atoms. The second-order valence-electron chi connectivity index (χ2n) is 17.0. The number of aromatic amines is 2. The topological polar surface area (TPSA) is 146 Å². The van der Waals surface area contributed by atoms with Crippen LogP contribution in [0.25, 0.3) is 22.1 Å². The fourth-order valence-electron chi connectivity index (χ4n) is 11.6. The first-order chi connectivity index (χ1) is 25.6. The number of nitrogens with zero attached hydrogens (tertiary/aromatic N) is 7. The fraction of sp³-hybridized carbons (Fsp3) is 0.610. The van der Waals surface area contributed by atoms with Gasteiger partial charge >= 0.3 is 0 Å². The standard InChI is InChI=1S/C41H47N9O2.Cu/c51-40-29-15-7-8-16-30(29)41(52)50(40)20-21-17-18-28-31(19-21)39-48-37-27-14-6-5-13-26(27)35(46-37)44-33-23-10-2-1-9-22(23)32(42-33)43-34-24-11-3-4-12-25(24)36(45-34)47-38(28)49-39;/h1-2,9-10,21,24-31,42H,3-8,11-20H2,(H,43,44,45,46,47,48,49);. The van der Waals surface area contributed by atoms with Gasteiger partial charge in [0, 0.05) is 69.9 Å². The number of aromatic nitrogens is 8. The molecule has 12 heteroatoms. The molecule has 9 unspecified atom stereocenters. The second kappa shape index (κ2) is 13.2. The maximum absolute atomic E-state index is 13.5. The number of carbonyl (C=O) groups excluding carboxylic acids is 2. The average molecular weight is 761 g/mol. The van der Waals surface area contributed by atoms with Gasteiger partial charge in [0.05, 0.1) is 11.8 Å². The maximum Gasteiger partial charge on any atom is 0.233 e. The molecule has 1 aromatic carbocycles. The minimum absolute atomic E-state index is 0. The first-order valence-corrected chi connectivity index (χ1v) is 20.3. The van der Waals surface area contributed by atoms with Crippen LogP contribution in [-0.2, 0) is 26.7 Å². The summed E-state index contributed by atoms with van der Waals surface area (Å²) in [6.07, 6.45) is 15.5. The summed E-state index contributed by atoms with van der Waals surface area (Å²) in [5.74, 6) is 6.94. The zero-order valence-corrected chi connectivity index (χ0v) is 31.0. The van der Waals surface area contributed by atoms with E-state index in [1.165, 1.54) is 19.3 Å². The first kappa shape index (κ1) is 33.8. The van der Waals surface area contributed by atoms with E-state index in [4.69, 9.17) is 29.9 Å². The Bertz CT molecular complexity index is 2160. The largest absolute Gasteiger partial charge is 0.331 e. The van der Waals surface area contributed by atoms with Gasteiger partial charge in [0.2, 0.25) is 11.8 Å². The van der Waals surface area contributed by atoms with Crippen LogP contribution < -0.4 is 0 Å². The summed E-state index contributed by atoms with van der Waals surface area (Å²) in [6, 6.07) is 8.39. The van der Waals surface area contributed by atoms with Gasteiger partial charge in [-0.1, -0.05) is 62.8 Å². The number of rotatable bonds is 2. The summed E-state index contributed by atoms with van der Waals surface area (Å²) < 4.78 is 0. The minimum Gasteiger partial charge on any atom is -0.331 e. The maximum atomic E-state index is 13.5. The van der Waals surface area contributed by atoms with Crippen molar-refractivity contribution in [1.29, 1.82) is 0 Å². The molecule has 9 atom stereocenters. The van der Waals surface area contributed by atoms with E-state index < -0.39 is 0 Å². The summed E-state index contributed by atoms with van der Waals surface area (Å²) in [4.78, 5) is 67.9. The Morgan fingerprint density at radius 2 is 0.962 bits per heavy atom. The molecule has 8 aliphatic rings. The second-order valence-corrected chi connectivity index (χ2v) is 17.0. The van der Waals surface area contributed by atoms with Gasteiger partial charge in [-0.15, -0.1) is 0 Å². The van der Waals surface area contributed by atoms with Gasteiger partial charge in [-0.3, -0.25) is 14.5 Å². The molecule has 6 heterocycles. The predicted molar refractivity (Wildman–Crippen MR) is 194 cm³/mol. The molecule has 0 spiro atoms. The van der Waals surface area contributed by atoms with Crippen molar-refractivity contribution in [1.82, 2.24) is 44.8 Å². The van der Waals surface area contributed by atoms with Gasteiger partial charge in [-0.05, 0) is 63.7 Å². The Morgan fingerprint density at radius 3 is 1.55 bits per heavy atom. The molecule has 2 amide bonds. The van der Waals surface area contributed by atoms with Gasteiger partial charge in [-0.25, -0.2) is 29.9 Å². The SMILES string of the molecule is O=C1C2CCCCC2C(=O)N1CC1CCC2c3nc(nc4nc(nc5[nH]c(nc6nc([nH]3)C3CCCCC63)c3ccccc53)C3CCCCC43)C2C1.[Cu]. The molecule has 5 fully saturated rings. The molecule has 2 aromatic heterocycles. The van der Waals surface area contributed by atoms with Crippen LogP contribution in [0.1, 0.15) is 167 Å². The number of benzene rings is 1. The van der Waals surface area contributed by atoms with Crippen molar-refractivity contribution in [2.24, 2.45) is 17.8 Å². The van der Waals surface area contributed by atoms with Crippen LogP contribution in [0.3, 0.4) is 0 Å². The predicted octanol–water partition coefficient (Wildman–Crippen LogP) is 7.49. The Kier molecular flexibility index (Phi) is 8.43. The normalized spacial score (nSPS) is 32.7. The average Bonchev–Trinajstić information content (AvgIpc) is 3.96. The van der Waals surface area contributed by atoms with E-state index >= 15 is 0 Å². The Hall–Kier alpha value is -3.76. The van der Waals surface area contributed by atoms with E-state index in [-0.39, 0.29) is 76.2 Å². The molecule has 11 rings (SSSR count). The molecule has 4 aliphatic heterocycles. The number of H-pyrrole nitrogens is 2. The van der Waals surface area contributed by atoms with Crippen molar-refractivity contribution in [2.45, 2.75) is 132 Å². The summed E-state index contributed by atoms with van der Waals surface area (Å²) >= 11 is 0. The van der Waals surface area contributed by atoms with E-state index in [0.717, 1.165) is 134 Å². The Balaban J connectivity index is 0.00000349. The van der Waals surface area contributed by atoms with Crippen LogP contribution in [0.5, 0.6) is 0 Å². The number of imide groups is 1. The smallest absolute Gasteiger partial charge is 0.233 e. The minimum atomic E-state index is -0.101. The van der Waals surface area contributed by atoms with Gasteiger partial charge in [0.25, 0.3) is 0 Å². The third-order valence-corrected chi connectivity index (χ3v) is 14.2. The Morgan fingerprint density at radius 1 is 0.509 bits per heavy atom. The van der Waals surface area contributed by atoms with E-state index in [2.05, 4.69) is 34.2 Å². The number of carbonyl (C=O) groups is 2. The zero-order valence-electron chi connectivity index (χ0n) is 30.1. The van der Waals surface area contributed by atoms with Crippen LogP contribution in [0.4, 0.5) is 0 Å². The molecule has 3 aromatic rings. The molecule has 2 N–H and O–H groups in total. The third-order valence-electron chi connectivity index (χ3n) is 14.2.